The Morgan fingerprint density at radius 3 is 2.29 bits per heavy atom. The van der Waals surface area contributed by atoms with Crippen LogP contribution in [-0.2, 0) is 14.8 Å². The Morgan fingerprint density at radius 2 is 1.79 bits per heavy atom. The van der Waals surface area contributed by atoms with Crippen LogP contribution in [0, 0.1) is 5.92 Å². The minimum Gasteiger partial charge on any atom is -0.379 e. The maximum absolute atomic E-state index is 12.5. The van der Waals surface area contributed by atoms with Gasteiger partial charge in [-0.1, -0.05) is 26.0 Å². The number of nitrogens with zero attached hydrogens (tertiary/aromatic N) is 1. The lowest BCUT2D eigenvalue weighted by Gasteiger charge is -2.36. The molecule has 0 unspecified atom stereocenters. The first-order chi connectivity index (χ1) is 11.3. The van der Waals surface area contributed by atoms with Gasteiger partial charge in [-0.2, -0.15) is 0 Å². The molecule has 1 saturated heterocycles. The molecule has 7 heteroatoms. The van der Waals surface area contributed by atoms with E-state index in [9.17, 15) is 13.2 Å². The first kappa shape index (κ1) is 19.1. The lowest BCUT2D eigenvalue weighted by molar-refractivity contribution is 0.00776. The quantitative estimate of drug-likeness (QED) is 0.752. The van der Waals surface area contributed by atoms with Crippen molar-refractivity contribution in [1.29, 1.82) is 0 Å². The van der Waals surface area contributed by atoms with E-state index in [1.807, 2.05) is 0 Å². The van der Waals surface area contributed by atoms with Crippen LogP contribution in [0.5, 0.6) is 0 Å². The summed E-state index contributed by atoms with van der Waals surface area (Å²) >= 11 is 0. The van der Waals surface area contributed by atoms with Gasteiger partial charge in [0.1, 0.15) is 0 Å². The highest BCUT2D eigenvalue weighted by molar-refractivity contribution is 7.89. The first-order valence-electron chi connectivity index (χ1n) is 8.23. The van der Waals surface area contributed by atoms with E-state index in [2.05, 4.69) is 23.5 Å². The van der Waals surface area contributed by atoms with Crippen molar-refractivity contribution in [2.24, 2.45) is 5.92 Å². The highest BCUT2D eigenvalue weighted by Gasteiger charge is 2.25. The normalized spacial score (nSPS) is 17.8. The zero-order valence-corrected chi connectivity index (χ0v) is 15.3. The molecule has 1 aliphatic heterocycles. The standard InChI is InChI=1S/C17H26N2O4S/c1-13(2)17(19-8-10-23-11-9-19)12-18-24(21,22)16-6-4-15(5-7-16)14(3)20/h4-7,13,17-18H,8-12H2,1-3H3/t17-/m0/s1. The Hall–Kier alpha value is -1.28. The summed E-state index contributed by atoms with van der Waals surface area (Å²) in [5.74, 6) is 0.241. The molecule has 134 valence electrons. The number of nitrogens with one attached hydrogen (secondary N) is 1. The third kappa shape index (κ3) is 4.86. The predicted octanol–water partition coefficient (Wildman–Crippen LogP) is 1.52. The maximum atomic E-state index is 12.5. The van der Waals surface area contributed by atoms with Crippen LogP contribution in [0.15, 0.2) is 29.2 Å². The van der Waals surface area contributed by atoms with Gasteiger partial charge in [-0.15, -0.1) is 0 Å². The number of rotatable bonds is 7. The summed E-state index contributed by atoms with van der Waals surface area (Å²) in [6, 6.07) is 6.15. The summed E-state index contributed by atoms with van der Waals surface area (Å²) in [4.78, 5) is 13.7. The van der Waals surface area contributed by atoms with Crippen LogP contribution in [0.1, 0.15) is 31.1 Å². The topological polar surface area (TPSA) is 75.7 Å². The van der Waals surface area contributed by atoms with E-state index in [1.54, 1.807) is 12.1 Å². The molecular weight excluding hydrogens is 328 g/mol. The maximum Gasteiger partial charge on any atom is 0.240 e. The van der Waals surface area contributed by atoms with Gasteiger partial charge in [-0.25, -0.2) is 13.1 Å². The van der Waals surface area contributed by atoms with Gasteiger partial charge in [0.05, 0.1) is 18.1 Å². The highest BCUT2D eigenvalue weighted by Crippen LogP contribution is 2.15. The molecular formula is C17H26N2O4S. The van der Waals surface area contributed by atoms with Gasteiger partial charge in [0.25, 0.3) is 0 Å². The average Bonchev–Trinajstić information content (AvgIpc) is 2.55. The summed E-state index contributed by atoms with van der Waals surface area (Å²) < 4.78 is 33.0. The Kier molecular flexibility index (Phi) is 6.51. The molecule has 1 aromatic carbocycles. The minimum absolute atomic E-state index is 0.0842. The Bertz CT molecular complexity index is 650. The molecule has 0 aromatic heterocycles. The molecule has 1 N–H and O–H groups in total. The second-order valence-electron chi connectivity index (χ2n) is 6.39. The number of benzene rings is 1. The summed E-state index contributed by atoms with van der Waals surface area (Å²) in [5.41, 5.74) is 0.502. The number of Topliss-reactive ketones (excluding diaryl/α,β-unsaturated/α-hetero) is 1. The number of hydrogen-bond acceptors (Lipinski definition) is 5. The molecule has 0 bridgehead atoms. The number of carbonyl (C=O) groups excluding carboxylic acids is 1. The van der Waals surface area contributed by atoms with Crippen LogP contribution in [0.4, 0.5) is 0 Å². The fraction of sp³-hybridized carbons (Fsp3) is 0.588. The van der Waals surface area contributed by atoms with E-state index in [0.29, 0.717) is 31.2 Å². The van der Waals surface area contributed by atoms with Crippen LogP contribution in [0.2, 0.25) is 0 Å². The molecule has 0 saturated carbocycles. The van der Waals surface area contributed by atoms with Crippen LogP contribution >= 0.6 is 0 Å². The van der Waals surface area contributed by atoms with Crippen molar-refractivity contribution in [2.75, 3.05) is 32.8 Å². The zero-order valence-electron chi connectivity index (χ0n) is 14.5. The number of sulfonamides is 1. The molecule has 1 aromatic rings. The van der Waals surface area contributed by atoms with Crippen LogP contribution in [0.3, 0.4) is 0 Å². The largest absolute Gasteiger partial charge is 0.379 e. The van der Waals surface area contributed by atoms with Crippen molar-refractivity contribution < 1.29 is 17.9 Å². The molecule has 24 heavy (non-hydrogen) atoms. The number of morpholine rings is 1. The fourth-order valence-corrected chi connectivity index (χ4v) is 3.89. The van der Waals surface area contributed by atoms with Crippen molar-refractivity contribution in [3.63, 3.8) is 0 Å². The lowest BCUT2D eigenvalue weighted by atomic mass is 10.0. The van der Waals surface area contributed by atoms with Crippen molar-refractivity contribution in [3.05, 3.63) is 29.8 Å². The molecule has 0 spiro atoms. The number of hydrogen-bond donors (Lipinski definition) is 1. The van der Waals surface area contributed by atoms with E-state index in [-0.39, 0.29) is 16.7 Å². The van der Waals surface area contributed by atoms with Crippen molar-refractivity contribution >= 4 is 15.8 Å². The highest BCUT2D eigenvalue weighted by atomic mass is 32.2. The summed E-state index contributed by atoms with van der Waals surface area (Å²) in [7, 11) is -3.59. The van der Waals surface area contributed by atoms with Crippen LogP contribution in [-0.4, -0.2) is 58.0 Å². The average molecular weight is 354 g/mol. The Morgan fingerprint density at radius 1 is 1.21 bits per heavy atom. The summed E-state index contributed by atoms with van der Waals surface area (Å²) in [6.45, 7) is 9.00. The number of ether oxygens (including phenoxy) is 1. The van der Waals surface area contributed by atoms with Crippen molar-refractivity contribution in [3.8, 4) is 0 Å². The Balaban J connectivity index is 2.05. The van der Waals surface area contributed by atoms with Gasteiger partial charge < -0.3 is 4.74 Å². The summed E-state index contributed by atoms with van der Waals surface area (Å²) in [6.07, 6.45) is 0. The van der Waals surface area contributed by atoms with Crippen molar-refractivity contribution in [1.82, 2.24) is 9.62 Å². The monoisotopic (exact) mass is 354 g/mol. The lowest BCUT2D eigenvalue weighted by Crippen LogP contribution is -2.51. The number of carbonyl (C=O) groups is 1. The second-order valence-corrected chi connectivity index (χ2v) is 8.16. The SMILES string of the molecule is CC(=O)c1ccc(S(=O)(=O)NC[C@@H](C(C)C)N2CCOCC2)cc1. The third-order valence-electron chi connectivity index (χ3n) is 4.34. The molecule has 1 atom stereocenters. The molecule has 0 radical (unpaired) electrons. The minimum atomic E-state index is -3.59. The van der Waals surface area contributed by atoms with Gasteiger partial charge >= 0.3 is 0 Å². The van der Waals surface area contributed by atoms with Crippen molar-refractivity contribution in [2.45, 2.75) is 31.7 Å². The van der Waals surface area contributed by atoms with E-state index < -0.39 is 10.0 Å². The molecule has 1 aliphatic rings. The van der Waals surface area contributed by atoms with Crippen LogP contribution < -0.4 is 4.72 Å². The van der Waals surface area contributed by atoms with Gasteiger partial charge in [0.15, 0.2) is 5.78 Å². The van der Waals surface area contributed by atoms with Gasteiger partial charge in [-0.05, 0) is 25.0 Å². The van der Waals surface area contributed by atoms with E-state index in [1.165, 1.54) is 19.1 Å². The first-order valence-corrected chi connectivity index (χ1v) is 9.72. The van der Waals surface area contributed by atoms with E-state index in [4.69, 9.17) is 4.74 Å². The second kappa shape index (κ2) is 8.20. The molecule has 2 rings (SSSR count). The fourth-order valence-electron chi connectivity index (χ4n) is 2.84. The van der Waals surface area contributed by atoms with Gasteiger partial charge in [0, 0.05) is 31.2 Å². The smallest absolute Gasteiger partial charge is 0.240 e. The molecule has 0 aliphatic carbocycles. The zero-order chi connectivity index (χ0) is 17.7. The predicted molar refractivity (Wildman–Crippen MR) is 92.7 cm³/mol. The van der Waals surface area contributed by atoms with Gasteiger partial charge in [-0.3, -0.25) is 9.69 Å². The number of ketones is 1. The molecule has 0 amide bonds. The van der Waals surface area contributed by atoms with Gasteiger partial charge in [0.2, 0.25) is 10.0 Å². The van der Waals surface area contributed by atoms with E-state index in [0.717, 1.165) is 13.1 Å². The van der Waals surface area contributed by atoms with Crippen LogP contribution in [0.25, 0.3) is 0 Å². The molecule has 1 heterocycles. The Labute approximate surface area is 144 Å². The molecule has 6 nitrogen and oxygen atoms in total. The third-order valence-corrected chi connectivity index (χ3v) is 5.78. The molecule has 1 fully saturated rings. The summed E-state index contributed by atoms with van der Waals surface area (Å²) in [5, 5.41) is 0. The van der Waals surface area contributed by atoms with E-state index >= 15 is 0 Å².